The van der Waals surface area contributed by atoms with Gasteiger partial charge >= 0.3 is 0 Å². The third-order valence-electron chi connectivity index (χ3n) is 1.81. The molecule has 3 heteroatoms. The monoisotopic (exact) mass is 149 g/mol. The lowest BCUT2D eigenvalue weighted by atomic mass is 10.1. The predicted molar refractivity (Wildman–Crippen MR) is 42.0 cm³/mol. The Balaban J connectivity index is 3.31. The molecule has 58 valence electrons. The Hall–Kier alpha value is -1.30. The summed E-state index contributed by atoms with van der Waals surface area (Å²) in [4.78, 5) is 0. The summed E-state index contributed by atoms with van der Waals surface area (Å²) in [6.45, 7) is 3.96. The van der Waals surface area contributed by atoms with Gasteiger partial charge in [0.25, 0.3) is 0 Å². The number of hydrogen-bond donors (Lipinski definition) is 0. The second-order valence-corrected chi connectivity index (χ2v) is 2.50. The largest absolute Gasteiger partial charge is 0.257 e. The minimum absolute atomic E-state index is 0.685. The van der Waals surface area contributed by atoms with Gasteiger partial charge in [-0.3, -0.25) is 4.68 Å². The fourth-order valence-corrected chi connectivity index (χ4v) is 1.27. The average Bonchev–Trinajstić information content (AvgIpc) is 2.24. The fourth-order valence-electron chi connectivity index (χ4n) is 1.27. The molecule has 0 aliphatic heterocycles. The first kappa shape index (κ1) is 7.80. The van der Waals surface area contributed by atoms with E-state index in [1.54, 1.807) is 11.7 Å². The zero-order valence-electron chi connectivity index (χ0n) is 7.05. The molecule has 0 N–H and O–H groups in total. The van der Waals surface area contributed by atoms with Crippen LogP contribution in [0.2, 0.25) is 0 Å². The number of rotatable bonds is 1. The lowest BCUT2D eigenvalue weighted by molar-refractivity contribution is 0.745. The van der Waals surface area contributed by atoms with Crippen molar-refractivity contribution >= 4 is 0 Å². The summed E-state index contributed by atoms with van der Waals surface area (Å²) < 4.78 is 1.63. The lowest BCUT2D eigenvalue weighted by Gasteiger charge is -1.91. The quantitative estimate of drug-likeness (QED) is 0.601. The van der Waals surface area contributed by atoms with E-state index >= 15 is 0 Å². The summed E-state index contributed by atoms with van der Waals surface area (Å²) >= 11 is 0. The van der Waals surface area contributed by atoms with Crippen LogP contribution in [0, 0.1) is 18.3 Å². The topological polar surface area (TPSA) is 41.6 Å². The molecule has 1 aromatic heterocycles. The molecule has 0 aromatic carbocycles. The smallest absolute Gasteiger partial charge is 0.141 e. The van der Waals surface area contributed by atoms with Crippen molar-refractivity contribution < 1.29 is 0 Å². The second-order valence-electron chi connectivity index (χ2n) is 2.50. The summed E-state index contributed by atoms with van der Waals surface area (Å²) in [5.41, 5.74) is 2.71. The maximum atomic E-state index is 8.73. The molecule has 0 atom stereocenters. The highest BCUT2D eigenvalue weighted by Crippen LogP contribution is 2.11. The Kier molecular flexibility index (Phi) is 1.95. The molecule has 0 aliphatic carbocycles. The highest BCUT2D eigenvalue weighted by Gasteiger charge is 2.09. The summed E-state index contributed by atoms with van der Waals surface area (Å²) in [5.74, 6) is 0. The summed E-state index contributed by atoms with van der Waals surface area (Å²) in [5, 5.41) is 12.9. The minimum Gasteiger partial charge on any atom is -0.257 e. The van der Waals surface area contributed by atoms with Gasteiger partial charge in [-0.2, -0.15) is 10.4 Å². The highest BCUT2D eigenvalue weighted by molar-refractivity contribution is 5.34. The predicted octanol–water partition coefficient (Wildman–Crippen LogP) is 1.16. The van der Waals surface area contributed by atoms with E-state index in [2.05, 4.69) is 11.2 Å². The van der Waals surface area contributed by atoms with Gasteiger partial charge in [0.15, 0.2) is 0 Å². The van der Waals surface area contributed by atoms with Crippen molar-refractivity contribution in [3.8, 4) is 6.07 Å². The molecule has 0 amide bonds. The number of aryl methyl sites for hydroxylation is 2. The highest BCUT2D eigenvalue weighted by atomic mass is 15.3. The normalized spacial score (nSPS) is 9.64. The van der Waals surface area contributed by atoms with Gasteiger partial charge in [-0.1, -0.05) is 6.92 Å². The molecular formula is C8H11N3. The molecule has 1 aromatic rings. The maximum absolute atomic E-state index is 8.73. The SMILES string of the molecule is CCc1c(C)nn(C)c1C#N. The standard InChI is InChI=1S/C8H11N3/c1-4-7-6(2)10-11(3)8(7)5-9/h4H2,1-3H3. The van der Waals surface area contributed by atoms with Crippen molar-refractivity contribution in [2.75, 3.05) is 0 Å². The molecule has 1 rings (SSSR count). The number of nitrogens with zero attached hydrogens (tertiary/aromatic N) is 3. The van der Waals surface area contributed by atoms with E-state index in [-0.39, 0.29) is 0 Å². The van der Waals surface area contributed by atoms with Gasteiger partial charge in [-0.05, 0) is 13.3 Å². The summed E-state index contributed by atoms with van der Waals surface area (Å²) in [6.07, 6.45) is 0.878. The van der Waals surface area contributed by atoms with E-state index in [0.717, 1.165) is 17.7 Å². The molecule has 1 heterocycles. The molecule has 0 radical (unpaired) electrons. The molecule has 0 spiro atoms. The van der Waals surface area contributed by atoms with Gasteiger partial charge < -0.3 is 0 Å². The van der Waals surface area contributed by atoms with Crippen LogP contribution in [0.3, 0.4) is 0 Å². The van der Waals surface area contributed by atoms with Gasteiger partial charge in [0.2, 0.25) is 0 Å². The van der Waals surface area contributed by atoms with Crippen molar-refractivity contribution in [1.82, 2.24) is 9.78 Å². The van der Waals surface area contributed by atoms with Crippen molar-refractivity contribution in [1.29, 1.82) is 5.26 Å². The molecule has 0 fully saturated rings. The Labute approximate surface area is 66.3 Å². The van der Waals surface area contributed by atoms with Crippen LogP contribution in [-0.4, -0.2) is 9.78 Å². The maximum Gasteiger partial charge on any atom is 0.141 e. The van der Waals surface area contributed by atoms with E-state index in [9.17, 15) is 0 Å². The number of hydrogen-bond acceptors (Lipinski definition) is 2. The van der Waals surface area contributed by atoms with E-state index in [4.69, 9.17) is 5.26 Å². The third kappa shape index (κ3) is 1.12. The first-order chi connectivity index (χ1) is 5.20. The van der Waals surface area contributed by atoms with Crippen LogP contribution < -0.4 is 0 Å². The molecule has 0 aliphatic rings. The van der Waals surface area contributed by atoms with Crippen molar-refractivity contribution in [3.05, 3.63) is 17.0 Å². The van der Waals surface area contributed by atoms with Gasteiger partial charge in [-0.25, -0.2) is 0 Å². The van der Waals surface area contributed by atoms with E-state index in [1.165, 1.54) is 0 Å². The number of aromatic nitrogens is 2. The number of nitriles is 1. The van der Waals surface area contributed by atoms with E-state index in [0.29, 0.717) is 5.69 Å². The van der Waals surface area contributed by atoms with Crippen LogP contribution in [0.4, 0.5) is 0 Å². The molecule has 0 saturated heterocycles. The second kappa shape index (κ2) is 2.75. The van der Waals surface area contributed by atoms with E-state index < -0.39 is 0 Å². The molecule has 0 bridgehead atoms. The van der Waals surface area contributed by atoms with Crippen molar-refractivity contribution in [2.24, 2.45) is 7.05 Å². The molecule has 0 saturated carbocycles. The molecule has 0 unspecified atom stereocenters. The van der Waals surface area contributed by atoms with Crippen LogP contribution in [-0.2, 0) is 13.5 Å². The van der Waals surface area contributed by atoms with Crippen LogP contribution in [0.1, 0.15) is 23.9 Å². The van der Waals surface area contributed by atoms with Crippen LogP contribution in [0.25, 0.3) is 0 Å². The molecular weight excluding hydrogens is 138 g/mol. The molecule has 11 heavy (non-hydrogen) atoms. The Morgan fingerprint density at radius 3 is 2.64 bits per heavy atom. The zero-order chi connectivity index (χ0) is 8.43. The van der Waals surface area contributed by atoms with Gasteiger partial charge in [0.05, 0.1) is 5.69 Å². The average molecular weight is 149 g/mol. The van der Waals surface area contributed by atoms with E-state index in [1.807, 2.05) is 13.8 Å². The fraction of sp³-hybridized carbons (Fsp3) is 0.500. The van der Waals surface area contributed by atoms with Gasteiger partial charge in [0, 0.05) is 12.6 Å². The molecule has 3 nitrogen and oxygen atoms in total. The third-order valence-corrected chi connectivity index (χ3v) is 1.81. The van der Waals surface area contributed by atoms with Crippen LogP contribution >= 0.6 is 0 Å². The lowest BCUT2D eigenvalue weighted by Crippen LogP contribution is -1.94. The zero-order valence-corrected chi connectivity index (χ0v) is 7.05. The van der Waals surface area contributed by atoms with Crippen LogP contribution in [0.5, 0.6) is 0 Å². The Morgan fingerprint density at radius 1 is 1.64 bits per heavy atom. The van der Waals surface area contributed by atoms with Crippen LogP contribution in [0.15, 0.2) is 0 Å². The van der Waals surface area contributed by atoms with Gasteiger partial charge in [0.1, 0.15) is 11.8 Å². The first-order valence-electron chi connectivity index (χ1n) is 3.63. The summed E-state index contributed by atoms with van der Waals surface area (Å²) in [6, 6.07) is 2.14. The Morgan fingerprint density at radius 2 is 2.27 bits per heavy atom. The Bertz CT molecular complexity index is 304. The van der Waals surface area contributed by atoms with Gasteiger partial charge in [-0.15, -0.1) is 0 Å². The minimum atomic E-state index is 0.685. The summed E-state index contributed by atoms with van der Waals surface area (Å²) in [7, 11) is 1.80. The van der Waals surface area contributed by atoms with Crippen molar-refractivity contribution in [2.45, 2.75) is 20.3 Å². The van der Waals surface area contributed by atoms with Crippen molar-refractivity contribution in [3.63, 3.8) is 0 Å². The first-order valence-corrected chi connectivity index (χ1v) is 3.63.